The lowest BCUT2D eigenvalue weighted by Crippen LogP contribution is -2.11. The number of halogens is 1. The summed E-state index contributed by atoms with van der Waals surface area (Å²) < 4.78 is 6.59. The van der Waals surface area contributed by atoms with Crippen LogP contribution in [-0.2, 0) is 0 Å². The molecule has 3 rings (SSSR count). The van der Waals surface area contributed by atoms with Crippen LogP contribution >= 0.6 is 22.9 Å². The number of carbonyl (C=O) groups excluding carboxylic acids is 1. The van der Waals surface area contributed by atoms with Crippen molar-refractivity contribution >= 4 is 44.2 Å². The predicted octanol–water partition coefficient (Wildman–Crippen LogP) is 4.99. The number of hydrogen-bond donors (Lipinski definition) is 1. The number of nitrogens with zero attached hydrogens (tertiary/aromatic N) is 1. The van der Waals surface area contributed by atoms with E-state index >= 15 is 0 Å². The van der Waals surface area contributed by atoms with E-state index < -0.39 is 0 Å². The Kier molecular flexibility index (Phi) is 4.79. The number of ether oxygens (including phenoxy) is 1. The van der Waals surface area contributed by atoms with E-state index in [0.29, 0.717) is 22.3 Å². The Balaban J connectivity index is 1.79. The van der Waals surface area contributed by atoms with E-state index in [1.54, 1.807) is 24.3 Å². The molecule has 1 aromatic heterocycles. The van der Waals surface area contributed by atoms with Gasteiger partial charge in [0.25, 0.3) is 5.91 Å². The van der Waals surface area contributed by atoms with Gasteiger partial charge in [0.1, 0.15) is 5.75 Å². The number of thiazole rings is 1. The van der Waals surface area contributed by atoms with Gasteiger partial charge in [-0.2, -0.15) is 0 Å². The molecule has 1 heterocycles. The van der Waals surface area contributed by atoms with Crippen molar-refractivity contribution < 1.29 is 9.53 Å². The Hall–Kier alpha value is -2.11. The summed E-state index contributed by atoms with van der Waals surface area (Å²) in [4.78, 5) is 16.6. The van der Waals surface area contributed by atoms with E-state index in [1.807, 2.05) is 18.2 Å². The second-order valence-corrected chi connectivity index (χ2v) is 6.43. The van der Waals surface area contributed by atoms with Crippen LogP contribution in [0.15, 0.2) is 42.5 Å². The van der Waals surface area contributed by atoms with Crippen LogP contribution in [0.25, 0.3) is 10.2 Å². The van der Waals surface area contributed by atoms with Crippen molar-refractivity contribution in [2.24, 2.45) is 0 Å². The first-order valence-corrected chi connectivity index (χ1v) is 8.45. The molecule has 4 nitrogen and oxygen atoms in total. The molecule has 2 aromatic carbocycles. The van der Waals surface area contributed by atoms with Crippen molar-refractivity contribution in [3.63, 3.8) is 0 Å². The molecule has 0 saturated carbocycles. The quantitative estimate of drug-likeness (QED) is 0.708. The van der Waals surface area contributed by atoms with Crippen LogP contribution in [0.4, 0.5) is 5.13 Å². The van der Waals surface area contributed by atoms with E-state index in [9.17, 15) is 4.79 Å². The lowest BCUT2D eigenvalue weighted by molar-refractivity contribution is 0.102. The molecule has 0 aliphatic rings. The Morgan fingerprint density at radius 3 is 2.96 bits per heavy atom. The van der Waals surface area contributed by atoms with Gasteiger partial charge in [-0.15, -0.1) is 0 Å². The molecule has 1 N–H and O–H groups in total. The molecule has 1 amide bonds. The van der Waals surface area contributed by atoms with Crippen LogP contribution in [0.3, 0.4) is 0 Å². The van der Waals surface area contributed by atoms with Gasteiger partial charge in [-0.1, -0.05) is 35.9 Å². The van der Waals surface area contributed by atoms with Gasteiger partial charge < -0.3 is 4.74 Å². The lowest BCUT2D eigenvalue weighted by Gasteiger charge is -2.02. The number of benzene rings is 2. The Bertz CT molecular complexity index is 847. The summed E-state index contributed by atoms with van der Waals surface area (Å²) in [6, 6.07) is 12.5. The summed E-state index contributed by atoms with van der Waals surface area (Å²) in [5.74, 6) is 0.588. The normalized spacial score (nSPS) is 10.7. The maximum Gasteiger partial charge on any atom is 0.257 e. The molecule has 0 radical (unpaired) electrons. The van der Waals surface area contributed by atoms with Gasteiger partial charge in [0.05, 0.1) is 16.8 Å². The molecule has 0 aliphatic heterocycles. The molecule has 118 valence electrons. The number of carbonyl (C=O) groups is 1. The molecule has 0 spiro atoms. The van der Waals surface area contributed by atoms with Crippen LogP contribution in [0.1, 0.15) is 23.7 Å². The molecule has 3 aromatic rings. The van der Waals surface area contributed by atoms with Gasteiger partial charge in [0.2, 0.25) is 0 Å². The van der Waals surface area contributed by atoms with Crippen LogP contribution in [0, 0.1) is 0 Å². The number of amides is 1. The van der Waals surface area contributed by atoms with Crippen LogP contribution in [0.2, 0.25) is 5.02 Å². The molecule has 0 saturated heterocycles. The van der Waals surface area contributed by atoms with E-state index in [0.717, 1.165) is 22.4 Å². The van der Waals surface area contributed by atoms with Crippen molar-refractivity contribution in [1.82, 2.24) is 4.98 Å². The highest BCUT2D eigenvalue weighted by atomic mass is 35.5. The maximum atomic E-state index is 12.2. The van der Waals surface area contributed by atoms with Gasteiger partial charge in [0.15, 0.2) is 5.13 Å². The van der Waals surface area contributed by atoms with Crippen molar-refractivity contribution in [1.29, 1.82) is 0 Å². The minimum atomic E-state index is -0.228. The molecule has 0 bridgehead atoms. The summed E-state index contributed by atoms with van der Waals surface area (Å²) in [5.41, 5.74) is 1.34. The van der Waals surface area contributed by atoms with Crippen LogP contribution in [0.5, 0.6) is 5.75 Å². The zero-order chi connectivity index (χ0) is 16.2. The number of rotatable bonds is 5. The highest BCUT2D eigenvalue weighted by Gasteiger charge is 2.11. The number of fused-ring (bicyclic) bond motifs is 1. The van der Waals surface area contributed by atoms with Gasteiger partial charge in [-0.3, -0.25) is 10.1 Å². The van der Waals surface area contributed by atoms with E-state index in [4.69, 9.17) is 16.3 Å². The number of aromatic nitrogens is 1. The van der Waals surface area contributed by atoms with E-state index in [2.05, 4.69) is 17.2 Å². The summed E-state index contributed by atoms with van der Waals surface area (Å²) in [6.07, 6.45) is 0.960. The van der Waals surface area contributed by atoms with Crippen molar-refractivity contribution in [3.05, 3.63) is 53.1 Å². The van der Waals surface area contributed by atoms with Crippen LogP contribution < -0.4 is 10.1 Å². The standard InChI is InChI=1S/C17H15ClN2O2S/c1-2-8-22-13-6-7-14-15(10-13)23-17(19-14)20-16(21)11-4-3-5-12(18)9-11/h3-7,9-10H,2,8H2,1H3,(H,19,20,21). The first kappa shape index (κ1) is 15.8. The fourth-order valence-electron chi connectivity index (χ4n) is 2.07. The maximum absolute atomic E-state index is 12.2. The fraction of sp³-hybridized carbons (Fsp3) is 0.176. The lowest BCUT2D eigenvalue weighted by atomic mass is 10.2. The second-order valence-electron chi connectivity index (χ2n) is 4.96. The smallest absolute Gasteiger partial charge is 0.257 e. The fourth-order valence-corrected chi connectivity index (χ4v) is 3.15. The third-order valence-corrected chi connectivity index (χ3v) is 4.31. The van der Waals surface area contributed by atoms with Crippen molar-refractivity contribution in [2.75, 3.05) is 11.9 Å². The highest BCUT2D eigenvalue weighted by molar-refractivity contribution is 7.22. The summed E-state index contributed by atoms with van der Waals surface area (Å²) in [5, 5.41) is 3.89. The number of anilines is 1. The summed E-state index contributed by atoms with van der Waals surface area (Å²) >= 11 is 7.32. The van der Waals surface area contributed by atoms with Gasteiger partial charge in [-0.05, 0) is 42.8 Å². The zero-order valence-corrected chi connectivity index (χ0v) is 14.1. The zero-order valence-electron chi connectivity index (χ0n) is 12.5. The average molecular weight is 347 g/mol. The minimum Gasteiger partial charge on any atom is -0.494 e. The predicted molar refractivity (Wildman–Crippen MR) is 94.8 cm³/mol. The summed E-state index contributed by atoms with van der Waals surface area (Å²) in [6.45, 7) is 2.75. The summed E-state index contributed by atoms with van der Waals surface area (Å²) in [7, 11) is 0. The third kappa shape index (κ3) is 3.81. The van der Waals surface area contributed by atoms with E-state index in [-0.39, 0.29) is 5.91 Å². The van der Waals surface area contributed by atoms with Gasteiger partial charge in [-0.25, -0.2) is 4.98 Å². The topological polar surface area (TPSA) is 51.2 Å². The first-order valence-electron chi connectivity index (χ1n) is 7.26. The van der Waals surface area contributed by atoms with Gasteiger partial charge >= 0.3 is 0 Å². The van der Waals surface area contributed by atoms with Crippen molar-refractivity contribution in [3.8, 4) is 5.75 Å². The molecule has 0 atom stereocenters. The monoisotopic (exact) mass is 346 g/mol. The Labute approximate surface area is 143 Å². The second kappa shape index (κ2) is 6.98. The SMILES string of the molecule is CCCOc1ccc2nc(NC(=O)c3cccc(Cl)c3)sc2c1. The van der Waals surface area contributed by atoms with Crippen molar-refractivity contribution in [2.45, 2.75) is 13.3 Å². The average Bonchev–Trinajstić information content (AvgIpc) is 2.94. The van der Waals surface area contributed by atoms with E-state index in [1.165, 1.54) is 11.3 Å². The molecule has 0 aliphatic carbocycles. The Morgan fingerprint density at radius 1 is 1.30 bits per heavy atom. The first-order chi connectivity index (χ1) is 11.2. The molecule has 0 unspecified atom stereocenters. The molecular formula is C17H15ClN2O2S. The van der Waals surface area contributed by atoms with Crippen LogP contribution in [-0.4, -0.2) is 17.5 Å². The molecular weight excluding hydrogens is 332 g/mol. The third-order valence-electron chi connectivity index (χ3n) is 3.14. The minimum absolute atomic E-state index is 0.228. The number of hydrogen-bond acceptors (Lipinski definition) is 4. The Morgan fingerprint density at radius 2 is 2.17 bits per heavy atom. The molecule has 0 fully saturated rings. The molecule has 23 heavy (non-hydrogen) atoms. The molecule has 6 heteroatoms. The number of nitrogens with one attached hydrogen (secondary N) is 1. The highest BCUT2D eigenvalue weighted by Crippen LogP contribution is 2.29. The van der Waals surface area contributed by atoms with Gasteiger partial charge in [0, 0.05) is 10.6 Å². The largest absolute Gasteiger partial charge is 0.494 e.